The number of halogens is 1. The molecule has 1 aliphatic carbocycles. The molecule has 5 heteroatoms. The van der Waals surface area contributed by atoms with Gasteiger partial charge in [-0.2, -0.15) is 5.26 Å². The van der Waals surface area contributed by atoms with Crippen molar-refractivity contribution >= 4 is 23.2 Å². The monoisotopic (exact) mass is 263 g/mol. The highest BCUT2D eigenvalue weighted by atomic mass is 35.5. The fourth-order valence-corrected chi connectivity index (χ4v) is 1.82. The van der Waals surface area contributed by atoms with Gasteiger partial charge in [-0.15, -0.1) is 0 Å². The van der Waals surface area contributed by atoms with Crippen LogP contribution in [0.15, 0.2) is 18.2 Å². The van der Waals surface area contributed by atoms with Gasteiger partial charge in [-0.1, -0.05) is 11.6 Å². The Morgan fingerprint density at radius 3 is 2.89 bits per heavy atom. The summed E-state index contributed by atoms with van der Waals surface area (Å²) < 4.78 is 0. The van der Waals surface area contributed by atoms with E-state index in [1.165, 1.54) is 12.8 Å². The van der Waals surface area contributed by atoms with Crippen molar-refractivity contribution in [1.29, 1.82) is 5.26 Å². The number of benzene rings is 1. The highest BCUT2D eigenvalue weighted by Crippen LogP contribution is 2.27. The van der Waals surface area contributed by atoms with E-state index in [1.54, 1.807) is 18.2 Å². The lowest BCUT2D eigenvalue weighted by molar-refractivity contribution is -0.115. The summed E-state index contributed by atoms with van der Waals surface area (Å²) in [4.78, 5) is 11.6. The Bertz CT molecular complexity index is 491. The maximum absolute atomic E-state index is 11.6. The van der Waals surface area contributed by atoms with E-state index in [9.17, 15) is 4.79 Å². The second-order valence-electron chi connectivity index (χ2n) is 4.43. The molecule has 0 aromatic heterocycles. The van der Waals surface area contributed by atoms with Gasteiger partial charge in [0.05, 0.1) is 17.1 Å². The zero-order valence-corrected chi connectivity index (χ0v) is 10.6. The number of nitrogens with one attached hydrogen (secondary N) is 2. The van der Waals surface area contributed by atoms with E-state index in [2.05, 4.69) is 10.6 Å². The Hall–Kier alpha value is -1.57. The highest BCUT2D eigenvalue weighted by Gasteiger charge is 2.20. The molecule has 0 radical (unpaired) electrons. The van der Waals surface area contributed by atoms with Gasteiger partial charge in [-0.25, -0.2) is 0 Å². The number of carbonyl (C=O) groups is 1. The van der Waals surface area contributed by atoms with Crippen LogP contribution >= 0.6 is 11.6 Å². The van der Waals surface area contributed by atoms with Gasteiger partial charge >= 0.3 is 0 Å². The van der Waals surface area contributed by atoms with Crippen molar-refractivity contribution in [3.8, 4) is 6.07 Å². The third-order valence-corrected chi connectivity index (χ3v) is 3.10. The molecule has 0 bridgehead atoms. The number of rotatable bonds is 5. The van der Waals surface area contributed by atoms with Crippen LogP contribution in [-0.4, -0.2) is 19.0 Å². The summed E-state index contributed by atoms with van der Waals surface area (Å²) >= 11 is 5.88. The average molecular weight is 264 g/mol. The van der Waals surface area contributed by atoms with Crippen LogP contribution in [0.3, 0.4) is 0 Å². The average Bonchev–Trinajstić information content (AvgIpc) is 3.13. The second-order valence-corrected chi connectivity index (χ2v) is 4.84. The summed E-state index contributed by atoms with van der Waals surface area (Å²) in [5.41, 5.74) is 1.01. The van der Waals surface area contributed by atoms with E-state index in [0.717, 1.165) is 12.5 Å². The maximum Gasteiger partial charge on any atom is 0.238 e. The van der Waals surface area contributed by atoms with E-state index in [0.29, 0.717) is 22.8 Å². The van der Waals surface area contributed by atoms with E-state index in [-0.39, 0.29) is 5.91 Å². The molecule has 1 aromatic carbocycles. The summed E-state index contributed by atoms with van der Waals surface area (Å²) in [5.74, 6) is 0.651. The van der Waals surface area contributed by atoms with Gasteiger partial charge in [0.15, 0.2) is 0 Å². The SMILES string of the molecule is N#Cc1ccc(NC(=O)CNCC2CC2)cc1Cl. The van der Waals surface area contributed by atoms with Crippen LogP contribution in [-0.2, 0) is 4.79 Å². The Labute approximate surface area is 111 Å². The lowest BCUT2D eigenvalue weighted by atomic mass is 10.2. The summed E-state index contributed by atoms with van der Waals surface area (Å²) in [6.07, 6.45) is 2.53. The molecule has 94 valence electrons. The minimum Gasteiger partial charge on any atom is -0.325 e. The molecule has 0 atom stereocenters. The predicted octanol–water partition coefficient (Wildman–Crippen LogP) is 2.15. The normalized spacial score (nSPS) is 14.0. The first kappa shape index (κ1) is 12.9. The third-order valence-electron chi connectivity index (χ3n) is 2.79. The number of nitriles is 1. The molecule has 2 rings (SSSR count). The van der Waals surface area contributed by atoms with Crippen molar-refractivity contribution in [3.05, 3.63) is 28.8 Å². The molecule has 1 amide bonds. The van der Waals surface area contributed by atoms with Crippen molar-refractivity contribution in [1.82, 2.24) is 5.32 Å². The molecule has 2 N–H and O–H groups in total. The molecule has 1 saturated carbocycles. The quantitative estimate of drug-likeness (QED) is 0.856. The van der Waals surface area contributed by atoms with Crippen molar-refractivity contribution in [2.75, 3.05) is 18.4 Å². The number of amides is 1. The summed E-state index contributed by atoms with van der Waals surface area (Å²) in [6.45, 7) is 1.20. The van der Waals surface area contributed by atoms with Crippen LogP contribution in [0, 0.1) is 17.2 Å². The van der Waals surface area contributed by atoms with Gasteiger partial charge in [0.1, 0.15) is 6.07 Å². The first-order valence-electron chi connectivity index (χ1n) is 5.89. The van der Waals surface area contributed by atoms with Gasteiger partial charge in [0.2, 0.25) is 5.91 Å². The van der Waals surface area contributed by atoms with Crippen molar-refractivity contribution in [2.24, 2.45) is 5.92 Å². The standard InChI is InChI=1S/C13H14ClN3O/c14-12-5-11(4-3-10(12)6-15)17-13(18)8-16-7-9-1-2-9/h3-5,9,16H,1-2,7-8H2,(H,17,18). The number of anilines is 1. The van der Waals surface area contributed by atoms with E-state index in [1.807, 2.05) is 6.07 Å². The fraction of sp³-hybridized carbons (Fsp3) is 0.385. The lowest BCUT2D eigenvalue weighted by Crippen LogP contribution is -2.29. The molecule has 0 spiro atoms. The molecule has 1 fully saturated rings. The number of nitrogens with zero attached hydrogens (tertiary/aromatic N) is 1. The summed E-state index contributed by atoms with van der Waals surface area (Å²) in [6, 6.07) is 6.82. The largest absolute Gasteiger partial charge is 0.325 e. The number of carbonyl (C=O) groups excluding carboxylic acids is 1. The molecule has 0 aliphatic heterocycles. The third kappa shape index (κ3) is 3.73. The first-order chi connectivity index (χ1) is 8.69. The van der Waals surface area contributed by atoms with Crippen molar-refractivity contribution in [2.45, 2.75) is 12.8 Å². The van der Waals surface area contributed by atoms with Gasteiger partial charge in [0, 0.05) is 5.69 Å². The zero-order valence-electron chi connectivity index (χ0n) is 9.87. The molecule has 4 nitrogen and oxygen atoms in total. The van der Waals surface area contributed by atoms with Gasteiger partial charge in [0.25, 0.3) is 0 Å². The Balaban J connectivity index is 1.82. The summed E-state index contributed by atoms with van der Waals surface area (Å²) in [7, 11) is 0. The van der Waals surface area contributed by atoms with Gasteiger partial charge < -0.3 is 10.6 Å². The fourth-order valence-electron chi connectivity index (χ4n) is 1.60. The molecular weight excluding hydrogens is 250 g/mol. The molecule has 0 heterocycles. The predicted molar refractivity (Wildman–Crippen MR) is 70.4 cm³/mol. The number of hydrogen-bond donors (Lipinski definition) is 2. The molecular formula is C13H14ClN3O. The van der Waals surface area contributed by atoms with Crippen LogP contribution in [0.5, 0.6) is 0 Å². The van der Waals surface area contributed by atoms with E-state index in [4.69, 9.17) is 16.9 Å². The molecule has 1 aliphatic rings. The topological polar surface area (TPSA) is 64.9 Å². The Morgan fingerprint density at radius 2 is 2.28 bits per heavy atom. The Kier molecular flexibility index (Phi) is 4.19. The van der Waals surface area contributed by atoms with Crippen LogP contribution in [0.1, 0.15) is 18.4 Å². The second kappa shape index (κ2) is 5.85. The molecule has 1 aromatic rings. The smallest absolute Gasteiger partial charge is 0.238 e. The highest BCUT2D eigenvalue weighted by molar-refractivity contribution is 6.32. The van der Waals surface area contributed by atoms with E-state index >= 15 is 0 Å². The Morgan fingerprint density at radius 1 is 1.50 bits per heavy atom. The minimum atomic E-state index is -0.101. The molecule has 0 saturated heterocycles. The van der Waals surface area contributed by atoms with Crippen molar-refractivity contribution in [3.63, 3.8) is 0 Å². The van der Waals surface area contributed by atoms with Gasteiger partial charge in [-0.3, -0.25) is 4.79 Å². The van der Waals surface area contributed by atoms with Crippen LogP contribution in [0.25, 0.3) is 0 Å². The number of hydrogen-bond acceptors (Lipinski definition) is 3. The molecule has 0 unspecified atom stereocenters. The van der Waals surface area contributed by atoms with Crippen LogP contribution < -0.4 is 10.6 Å². The van der Waals surface area contributed by atoms with Crippen LogP contribution in [0.4, 0.5) is 5.69 Å². The van der Waals surface area contributed by atoms with Crippen molar-refractivity contribution < 1.29 is 4.79 Å². The lowest BCUT2D eigenvalue weighted by Gasteiger charge is -2.07. The molecule has 18 heavy (non-hydrogen) atoms. The zero-order chi connectivity index (χ0) is 13.0. The van der Waals surface area contributed by atoms with E-state index < -0.39 is 0 Å². The first-order valence-corrected chi connectivity index (χ1v) is 6.27. The maximum atomic E-state index is 11.6. The summed E-state index contributed by atoms with van der Waals surface area (Å²) in [5, 5.41) is 14.9. The van der Waals surface area contributed by atoms with Gasteiger partial charge in [-0.05, 0) is 43.5 Å². The minimum absolute atomic E-state index is 0.101. The van der Waals surface area contributed by atoms with Crippen LogP contribution in [0.2, 0.25) is 5.02 Å².